The van der Waals surface area contributed by atoms with E-state index in [-0.39, 0.29) is 6.61 Å². The Kier molecular flexibility index (Phi) is 4.83. The van der Waals surface area contributed by atoms with Crippen molar-refractivity contribution in [3.8, 4) is 5.75 Å². The van der Waals surface area contributed by atoms with E-state index >= 15 is 0 Å². The number of benzene rings is 1. The third-order valence-electron chi connectivity index (χ3n) is 3.26. The maximum Gasteiger partial charge on any atom is 0.122 e. The van der Waals surface area contributed by atoms with Crippen molar-refractivity contribution < 1.29 is 9.84 Å². The van der Waals surface area contributed by atoms with Gasteiger partial charge in [0.1, 0.15) is 5.75 Å². The lowest BCUT2D eigenvalue weighted by atomic mass is 9.89. The molecule has 0 atom stereocenters. The van der Waals surface area contributed by atoms with Crippen LogP contribution in [-0.2, 0) is 0 Å². The molecule has 17 heavy (non-hydrogen) atoms. The highest BCUT2D eigenvalue weighted by Crippen LogP contribution is 2.32. The number of aliphatic hydroxyl groups excluding tert-OH is 1. The van der Waals surface area contributed by atoms with E-state index in [2.05, 4.69) is 17.4 Å². The van der Waals surface area contributed by atoms with Crippen molar-refractivity contribution in [2.24, 2.45) is 0 Å². The van der Waals surface area contributed by atoms with Gasteiger partial charge in [0.2, 0.25) is 0 Å². The monoisotopic (exact) mass is 235 g/mol. The molecule has 0 spiro atoms. The second-order valence-corrected chi connectivity index (χ2v) is 4.49. The number of piperidine rings is 1. The zero-order valence-corrected chi connectivity index (χ0v) is 10.2. The number of para-hydroxylation sites is 1. The smallest absolute Gasteiger partial charge is 0.122 e. The summed E-state index contributed by atoms with van der Waals surface area (Å²) < 4.78 is 5.75. The summed E-state index contributed by atoms with van der Waals surface area (Å²) in [5.74, 6) is 1.61. The van der Waals surface area contributed by atoms with Gasteiger partial charge in [0.25, 0.3) is 0 Å². The summed E-state index contributed by atoms with van der Waals surface area (Å²) >= 11 is 0. The van der Waals surface area contributed by atoms with Crippen LogP contribution in [0.4, 0.5) is 0 Å². The Morgan fingerprint density at radius 3 is 2.76 bits per heavy atom. The van der Waals surface area contributed by atoms with Gasteiger partial charge in [-0.3, -0.25) is 0 Å². The Morgan fingerprint density at radius 2 is 2.00 bits per heavy atom. The van der Waals surface area contributed by atoms with Crippen LogP contribution in [0.15, 0.2) is 24.3 Å². The van der Waals surface area contributed by atoms with Crippen molar-refractivity contribution in [2.45, 2.75) is 25.2 Å². The van der Waals surface area contributed by atoms with Gasteiger partial charge in [0.15, 0.2) is 0 Å². The molecule has 1 aromatic carbocycles. The van der Waals surface area contributed by atoms with Gasteiger partial charge in [-0.25, -0.2) is 0 Å². The van der Waals surface area contributed by atoms with Gasteiger partial charge in [-0.15, -0.1) is 0 Å². The van der Waals surface area contributed by atoms with Crippen LogP contribution in [0.25, 0.3) is 0 Å². The molecule has 0 aliphatic carbocycles. The van der Waals surface area contributed by atoms with Crippen LogP contribution in [0.3, 0.4) is 0 Å². The van der Waals surface area contributed by atoms with E-state index in [1.54, 1.807) is 0 Å². The summed E-state index contributed by atoms with van der Waals surface area (Å²) in [5, 5.41) is 12.2. The Morgan fingerprint density at radius 1 is 1.24 bits per heavy atom. The number of hydrogen-bond donors (Lipinski definition) is 2. The predicted octanol–water partition coefficient (Wildman–Crippen LogP) is 1.91. The lowest BCUT2D eigenvalue weighted by Crippen LogP contribution is -2.26. The maximum absolute atomic E-state index is 8.77. The third-order valence-corrected chi connectivity index (χ3v) is 3.26. The molecule has 1 heterocycles. The van der Waals surface area contributed by atoms with Gasteiger partial charge in [-0.2, -0.15) is 0 Å². The Hall–Kier alpha value is -1.06. The van der Waals surface area contributed by atoms with Crippen molar-refractivity contribution in [3.05, 3.63) is 29.8 Å². The summed E-state index contributed by atoms with van der Waals surface area (Å²) in [5.41, 5.74) is 1.33. The molecule has 1 aliphatic heterocycles. The van der Waals surface area contributed by atoms with Crippen molar-refractivity contribution in [1.82, 2.24) is 5.32 Å². The van der Waals surface area contributed by atoms with Gasteiger partial charge in [-0.1, -0.05) is 18.2 Å². The fraction of sp³-hybridized carbons (Fsp3) is 0.571. The van der Waals surface area contributed by atoms with Crippen LogP contribution in [-0.4, -0.2) is 31.4 Å². The van der Waals surface area contributed by atoms with Crippen molar-refractivity contribution in [2.75, 3.05) is 26.3 Å². The van der Waals surface area contributed by atoms with Crippen LogP contribution >= 0.6 is 0 Å². The van der Waals surface area contributed by atoms with E-state index in [9.17, 15) is 0 Å². The standard InChI is InChI=1S/C14H21NO2/c16-10-3-11-17-14-5-2-1-4-13(14)12-6-8-15-9-7-12/h1-2,4-5,12,15-16H,3,6-11H2. The number of aliphatic hydroxyl groups is 1. The van der Waals surface area contributed by atoms with Crippen LogP contribution < -0.4 is 10.1 Å². The average molecular weight is 235 g/mol. The van der Waals surface area contributed by atoms with Gasteiger partial charge < -0.3 is 15.2 Å². The topological polar surface area (TPSA) is 41.5 Å². The molecular formula is C14H21NO2. The minimum atomic E-state index is 0.190. The first-order chi connectivity index (χ1) is 8.42. The molecule has 94 valence electrons. The fourth-order valence-electron chi connectivity index (χ4n) is 2.33. The highest BCUT2D eigenvalue weighted by Gasteiger charge is 2.18. The first kappa shape index (κ1) is 12.4. The zero-order valence-electron chi connectivity index (χ0n) is 10.2. The van der Waals surface area contributed by atoms with Crippen LogP contribution in [0.1, 0.15) is 30.7 Å². The van der Waals surface area contributed by atoms with Crippen LogP contribution in [0.5, 0.6) is 5.75 Å². The normalized spacial score (nSPS) is 17.0. The van der Waals surface area contributed by atoms with Gasteiger partial charge >= 0.3 is 0 Å². The molecule has 0 unspecified atom stereocenters. The van der Waals surface area contributed by atoms with E-state index in [0.29, 0.717) is 18.9 Å². The summed E-state index contributed by atoms with van der Waals surface area (Å²) in [6.07, 6.45) is 3.06. The molecular weight excluding hydrogens is 214 g/mol. The van der Waals surface area contributed by atoms with Gasteiger partial charge in [-0.05, 0) is 43.5 Å². The third kappa shape index (κ3) is 3.45. The molecule has 0 bridgehead atoms. The number of ether oxygens (including phenoxy) is 1. The molecule has 0 amide bonds. The first-order valence-electron chi connectivity index (χ1n) is 6.45. The minimum absolute atomic E-state index is 0.190. The maximum atomic E-state index is 8.77. The summed E-state index contributed by atoms with van der Waals surface area (Å²) in [6.45, 7) is 2.97. The summed E-state index contributed by atoms with van der Waals surface area (Å²) in [4.78, 5) is 0. The first-order valence-corrected chi connectivity index (χ1v) is 6.45. The Labute approximate surface area is 103 Å². The lowest BCUT2D eigenvalue weighted by Gasteiger charge is -2.24. The molecule has 1 aromatic rings. The van der Waals surface area contributed by atoms with E-state index < -0.39 is 0 Å². The second-order valence-electron chi connectivity index (χ2n) is 4.49. The molecule has 2 rings (SSSR count). The summed E-state index contributed by atoms with van der Waals surface area (Å²) in [6, 6.07) is 8.30. The van der Waals surface area contributed by atoms with E-state index in [0.717, 1.165) is 18.8 Å². The number of hydrogen-bond acceptors (Lipinski definition) is 3. The van der Waals surface area contributed by atoms with Crippen molar-refractivity contribution >= 4 is 0 Å². The fourth-order valence-corrected chi connectivity index (χ4v) is 2.33. The Bertz CT molecular complexity index is 335. The molecule has 1 aliphatic rings. The quantitative estimate of drug-likeness (QED) is 0.766. The molecule has 3 nitrogen and oxygen atoms in total. The predicted molar refractivity (Wildman–Crippen MR) is 68.5 cm³/mol. The van der Waals surface area contributed by atoms with Crippen LogP contribution in [0, 0.1) is 0 Å². The molecule has 1 saturated heterocycles. The highest BCUT2D eigenvalue weighted by molar-refractivity contribution is 5.36. The molecule has 1 fully saturated rings. The second kappa shape index (κ2) is 6.62. The van der Waals surface area contributed by atoms with Gasteiger partial charge in [0.05, 0.1) is 6.61 Å². The highest BCUT2D eigenvalue weighted by atomic mass is 16.5. The minimum Gasteiger partial charge on any atom is -0.493 e. The van der Waals surface area contributed by atoms with E-state index in [1.165, 1.54) is 18.4 Å². The van der Waals surface area contributed by atoms with E-state index in [1.807, 2.05) is 12.1 Å². The van der Waals surface area contributed by atoms with Crippen molar-refractivity contribution in [3.63, 3.8) is 0 Å². The molecule has 0 aromatic heterocycles. The SMILES string of the molecule is OCCCOc1ccccc1C1CCNCC1. The molecule has 2 N–H and O–H groups in total. The zero-order chi connectivity index (χ0) is 11.9. The van der Waals surface area contributed by atoms with Gasteiger partial charge in [0, 0.05) is 13.0 Å². The summed E-state index contributed by atoms with van der Waals surface area (Å²) in [7, 11) is 0. The average Bonchev–Trinajstić information content (AvgIpc) is 2.41. The van der Waals surface area contributed by atoms with E-state index in [4.69, 9.17) is 9.84 Å². The largest absolute Gasteiger partial charge is 0.493 e. The van der Waals surface area contributed by atoms with Crippen molar-refractivity contribution in [1.29, 1.82) is 0 Å². The number of nitrogens with one attached hydrogen (secondary N) is 1. The molecule has 3 heteroatoms. The lowest BCUT2D eigenvalue weighted by molar-refractivity contribution is 0.231. The molecule has 0 saturated carbocycles. The number of rotatable bonds is 5. The van der Waals surface area contributed by atoms with Crippen LogP contribution in [0.2, 0.25) is 0 Å². The Balaban J connectivity index is 2.03. The molecule has 0 radical (unpaired) electrons.